The molecule has 1 aromatic rings. The minimum atomic E-state index is -0.317. The van der Waals surface area contributed by atoms with Gasteiger partial charge in [-0.25, -0.2) is 0 Å². The van der Waals surface area contributed by atoms with E-state index in [1.165, 1.54) is 11.3 Å². The van der Waals surface area contributed by atoms with Crippen LogP contribution in [0.15, 0.2) is 0 Å². The number of likely N-dealkylation sites (tertiary alicyclic amines) is 1. The maximum absolute atomic E-state index is 12.4. The van der Waals surface area contributed by atoms with E-state index < -0.39 is 0 Å². The van der Waals surface area contributed by atoms with Crippen molar-refractivity contribution in [3.63, 3.8) is 0 Å². The Morgan fingerprint density at radius 1 is 1.43 bits per heavy atom. The van der Waals surface area contributed by atoms with Crippen LogP contribution in [-0.2, 0) is 9.59 Å². The van der Waals surface area contributed by atoms with Gasteiger partial charge in [0, 0.05) is 24.4 Å². The monoisotopic (exact) mass is 338 g/mol. The average Bonchev–Trinajstić information content (AvgIpc) is 3.05. The van der Waals surface area contributed by atoms with Crippen LogP contribution in [0.5, 0.6) is 0 Å². The molecule has 2 atom stereocenters. The highest BCUT2D eigenvalue weighted by molar-refractivity contribution is 7.15. The lowest BCUT2D eigenvalue weighted by Gasteiger charge is -2.31. The number of nitrogens with zero attached hydrogens (tertiary/aromatic N) is 3. The number of hydrogen-bond donors (Lipinski definition) is 1. The summed E-state index contributed by atoms with van der Waals surface area (Å²) in [6.45, 7) is 10.7. The van der Waals surface area contributed by atoms with Crippen molar-refractivity contribution in [2.45, 2.75) is 65.3 Å². The summed E-state index contributed by atoms with van der Waals surface area (Å²) in [5, 5.41) is 12.5. The number of amides is 2. The fourth-order valence-electron chi connectivity index (χ4n) is 2.78. The quantitative estimate of drug-likeness (QED) is 0.895. The molecule has 6 nitrogen and oxygen atoms in total. The zero-order valence-corrected chi connectivity index (χ0v) is 15.4. The molecule has 2 rings (SSSR count). The van der Waals surface area contributed by atoms with Crippen LogP contribution in [0, 0.1) is 5.92 Å². The highest BCUT2D eigenvalue weighted by atomic mass is 32.1. The van der Waals surface area contributed by atoms with Gasteiger partial charge in [0.25, 0.3) is 0 Å². The third-order valence-corrected chi connectivity index (χ3v) is 5.19. The molecular formula is C16H26N4O2S. The molecule has 128 valence electrons. The molecule has 0 aromatic carbocycles. The minimum absolute atomic E-state index is 0.0344. The van der Waals surface area contributed by atoms with E-state index in [-0.39, 0.29) is 29.7 Å². The molecule has 0 aliphatic carbocycles. The Balaban J connectivity index is 1.97. The lowest BCUT2D eigenvalue weighted by molar-refractivity contribution is -0.131. The van der Waals surface area contributed by atoms with Crippen LogP contribution in [0.4, 0.5) is 5.13 Å². The summed E-state index contributed by atoms with van der Waals surface area (Å²) in [6, 6.07) is 0. The predicted octanol–water partition coefficient (Wildman–Crippen LogP) is 3.03. The Labute approximate surface area is 141 Å². The van der Waals surface area contributed by atoms with E-state index in [9.17, 15) is 9.59 Å². The van der Waals surface area contributed by atoms with E-state index in [2.05, 4.69) is 29.4 Å². The van der Waals surface area contributed by atoms with Crippen molar-refractivity contribution in [3.8, 4) is 0 Å². The minimum Gasteiger partial charge on any atom is -0.337 e. The van der Waals surface area contributed by atoms with Crippen molar-refractivity contribution < 1.29 is 9.59 Å². The van der Waals surface area contributed by atoms with Crippen LogP contribution in [-0.4, -0.2) is 39.0 Å². The van der Waals surface area contributed by atoms with Gasteiger partial charge in [0.05, 0.1) is 5.92 Å². The second-order valence-electron chi connectivity index (χ2n) is 7.20. The number of carbonyl (C=O) groups excluding carboxylic acids is 2. The van der Waals surface area contributed by atoms with Crippen LogP contribution in [0.25, 0.3) is 0 Å². The standard InChI is InChI=1S/C16H26N4O2S/c1-6-7-10(2)14-18-19-15(23-14)17-13(22)11-8-12(21)20(9-11)16(3,4)5/h10-11H,6-9H2,1-5H3,(H,17,19,22)/t10-,11+/m0/s1. The lowest BCUT2D eigenvalue weighted by atomic mass is 10.1. The highest BCUT2D eigenvalue weighted by Crippen LogP contribution is 2.29. The van der Waals surface area contributed by atoms with E-state index in [1.54, 1.807) is 4.90 Å². The third-order valence-electron chi connectivity index (χ3n) is 4.12. The molecular weight excluding hydrogens is 312 g/mol. The summed E-state index contributed by atoms with van der Waals surface area (Å²) >= 11 is 1.42. The maximum Gasteiger partial charge on any atom is 0.231 e. The number of nitrogens with one attached hydrogen (secondary N) is 1. The molecule has 0 radical (unpaired) electrons. The number of anilines is 1. The Morgan fingerprint density at radius 2 is 2.13 bits per heavy atom. The fraction of sp³-hybridized carbons (Fsp3) is 0.750. The van der Waals surface area contributed by atoms with Crippen LogP contribution in [0.1, 0.15) is 64.8 Å². The van der Waals surface area contributed by atoms with E-state index in [0.29, 0.717) is 17.6 Å². The Morgan fingerprint density at radius 3 is 2.70 bits per heavy atom. The van der Waals surface area contributed by atoms with Crippen LogP contribution in [0.2, 0.25) is 0 Å². The zero-order chi connectivity index (χ0) is 17.2. The van der Waals surface area contributed by atoms with Gasteiger partial charge in [-0.1, -0.05) is 31.6 Å². The van der Waals surface area contributed by atoms with Gasteiger partial charge >= 0.3 is 0 Å². The van der Waals surface area contributed by atoms with Gasteiger partial charge in [0.15, 0.2) is 0 Å². The van der Waals surface area contributed by atoms with Crippen molar-refractivity contribution in [3.05, 3.63) is 5.01 Å². The number of carbonyl (C=O) groups is 2. The van der Waals surface area contributed by atoms with Gasteiger partial charge < -0.3 is 10.2 Å². The Kier molecular flexibility index (Phi) is 5.39. The van der Waals surface area contributed by atoms with Crippen molar-refractivity contribution in [2.75, 3.05) is 11.9 Å². The number of aromatic nitrogens is 2. The SMILES string of the molecule is CCC[C@H](C)c1nnc(NC(=O)[C@@H]2CC(=O)N(C(C)(C)C)C2)s1. The van der Waals surface area contributed by atoms with E-state index in [1.807, 2.05) is 20.8 Å². The topological polar surface area (TPSA) is 75.2 Å². The molecule has 2 heterocycles. The van der Waals surface area contributed by atoms with Crippen molar-refractivity contribution in [2.24, 2.45) is 5.92 Å². The van der Waals surface area contributed by atoms with Crippen molar-refractivity contribution in [1.29, 1.82) is 0 Å². The Bertz CT molecular complexity index is 579. The second-order valence-corrected chi connectivity index (χ2v) is 8.21. The molecule has 0 spiro atoms. The van der Waals surface area contributed by atoms with Crippen LogP contribution < -0.4 is 5.32 Å². The summed E-state index contributed by atoms with van der Waals surface area (Å²) in [5.74, 6) is -0.0714. The Hall–Kier alpha value is -1.50. The first-order chi connectivity index (χ1) is 10.7. The first kappa shape index (κ1) is 17.8. The molecule has 23 heavy (non-hydrogen) atoms. The van der Waals surface area contributed by atoms with Crippen molar-refractivity contribution in [1.82, 2.24) is 15.1 Å². The molecule has 2 amide bonds. The molecule has 1 saturated heterocycles. The molecule has 0 unspecified atom stereocenters. The summed E-state index contributed by atoms with van der Waals surface area (Å²) in [4.78, 5) is 26.2. The first-order valence-electron chi connectivity index (χ1n) is 8.17. The average molecular weight is 338 g/mol. The van der Waals surface area contributed by atoms with E-state index in [0.717, 1.165) is 17.8 Å². The van der Waals surface area contributed by atoms with Crippen LogP contribution in [0.3, 0.4) is 0 Å². The third kappa shape index (κ3) is 4.28. The molecule has 1 aliphatic heterocycles. The molecule has 1 fully saturated rings. The number of rotatable bonds is 5. The molecule has 1 N–H and O–H groups in total. The summed E-state index contributed by atoms with van der Waals surface area (Å²) in [5.41, 5.74) is -0.252. The number of hydrogen-bond acceptors (Lipinski definition) is 5. The highest BCUT2D eigenvalue weighted by Gasteiger charge is 2.39. The molecule has 1 aliphatic rings. The van der Waals surface area contributed by atoms with Gasteiger partial charge in [-0.2, -0.15) is 0 Å². The normalized spacial score (nSPS) is 20.0. The van der Waals surface area contributed by atoms with Gasteiger partial charge in [-0.15, -0.1) is 10.2 Å². The van der Waals surface area contributed by atoms with Gasteiger partial charge in [-0.05, 0) is 27.2 Å². The van der Waals surface area contributed by atoms with Gasteiger partial charge in [0.2, 0.25) is 16.9 Å². The molecule has 1 aromatic heterocycles. The first-order valence-corrected chi connectivity index (χ1v) is 8.98. The maximum atomic E-state index is 12.4. The predicted molar refractivity (Wildman–Crippen MR) is 91.4 cm³/mol. The van der Waals surface area contributed by atoms with E-state index >= 15 is 0 Å². The molecule has 7 heteroatoms. The molecule has 0 bridgehead atoms. The fourth-order valence-corrected chi connectivity index (χ4v) is 3.61. The smallest absolute Gasteiger partial charge is 0.231 e. The zero-order valence-electron chi connectivity index (χ0n) is 14.5. The summed E-state index contributed by atoms with van der Waals surface area (Å²) in [6.07, 6.45) is 2.41. The van der Waals surface area contributed by atoms with Gasteiger partial charge in [-0.3, -0.25) is 9.59 Å². The van der Waals surface area contributed by atoms with Crippen LogP contribution >= 0.6 is 11.3 Å². The van der Waals surface area contributed by atoms with E-state index in [4.69, 9.17) is 0 Å². The lowest BCUT2D eigenvalue weighted by Crippen LogP contribution is -2.42. The summed E-state index contributed by atoms with van der Waals surface area (Å²) < 4.78 is 0. The van der Waals surface area contributed by atoms with Crippen molar-refractivity contribution >= 4 is 28.3 Å². The second kappa shape index (κ2) is 6.95. The largest absolute Gasteiger partial charge is 0.337 e. The molecule has 0 saturated carbocycles. The van der Waals surface area contributed by atoms with Gasteiger partial charge in [0.1, 0.15) is 5.01 Å². The summed E-state index contributed by atoms with van der Waals surface area (Å²) in [7, 11) is 0.